The first kappa shape index (κ1) is 10.7. The van der Waals surface area contributed by atoms with Crippen LogP contribution in [-0.2, 0) is 4.74 Å². The van der Waals surface area contributed by atoms with E-state index in [1.807, 2.05) is 0 Å². The van der Waals surface area contributed by atoms with Gasteiger partial charge in [-0.1, -0.05) is 0 Å². The molecule has 1 aliphatic rings. The van der Waals surface area contributed by atoms with E-state index in [0.29, 0.717) is 6.42 Å². The molecule has 0 aromatic rings. The number of hydrogen-bond acceptors (Lipinski definition) is 1. The van der Waals surface area contributed by atoms with Crippen LogP contribution in [-0.4, -0.2) is 31.2 Å². The molecule has 0 aliphatic carbocycles. The highest BCUT2D eigenvalue weighted by Gasteiger charge is 2.49. The summed E-state index contributed by atoms with van der Waals surface area (Å²) in [5.74, 6) is 0. The molecule has 1 saturated heterocycles. The molecule has 1 rings (SSSR count). The van der Waals surface area contributed by atoms with E-state index in [9.17, 15) is 22.0 Å². The Bertz CT molecular complexity index is 163. The quantitative estimate of drug-likeness (QED) is 0.627. The van der Waals surface area contributed by atoms with Crippen molar-refractivity contribution >= 4 is 0 Å². The topological polar surface area (TPSA) is 9.23 Å². The predicted molar refractivity (Wildman–Crippen MR) is 34.8 cm³/mol. The smallest absolute Gasteiger partial charge is 0.375 e. The monoisotopic (exact) mass is 204 g/mol. The van der Waals surface area contributed by atoms with Gasteiger partial charge in [0.1, 0.15) is 0 Å². The summed E-state index contributed by atoms with van der Waals surface area (Å²) in [6.07, 6.45) is -11.8. The molecule has 3 atom stereocenters. The third kappa shape index (κ3) is 2.52. The van der Waals surface area contributed by atoms with Gasteiger partial charge in [-0.15, -0.1) is 0 Å². The minimum Gasteiger partial charge on any atom is -0.375 e. The van der Waals surface area contributed by atoms with Gasteiger partial charge in [-0.2, -0.15) is 13.2 Å². The van der Waals surface area contributed by atoms with Gasteiger partial charge >= 0.3 is 6.18 Å². The van der Waals surface area contributed by atoms with Crippen molar-refractivity contribution in [2.45, 2.75) is 37.5 Å². The Morgan fingerprint density at radius 3 is 2.23 bits per heavy atom. The maximum Gasteiger partial charge on any atom is 0.422 e. The molecule has 0 unspecified atom stereocenters. The molecule has 1 heterocycles. The second-order valence-corrected chi connectivity index (χ2v) is 2.94. The molecule has 0 aromatic carbocycles. The molecular formula is C7H9F5O. The first-order valence-electron chi connectivity index (χ1n) is 3.89. The van der Waals surface area contributed by atoms with Crippen molar-refractivity contribution in [3.05, 3.63) is 0 Å². The molecule has 0 amide bonds. The summed E-state index contributed by atoms with van der Waals surface area (Å²) in [7, 11) is 0. The Labute approximate surface area is 71.9 Å². The zero-order valence-electron chi connectivity index (χ0n) is 6.65. The third-order valence-electron chi connectivity index (χ3n) is 1.91. The lowest BCUT2D eigenvalue weighted by Crippen LogP contribution is -2.40. The fourth-order valence-corrected chi connectivity index (χ4v) is 1.22. The summed E-state index contributed by atoms with van der Waals surface area (Å²) in [5, 5.41) is 0. The van der Waals surface area contributed by atoms with Crippen molar-refractivity contribution in [2.75, 3.05) is 6.61 Å². The molecule has 6 heteroatoms. The third-order valence-corrected chi connectivity index (χ3v) is 1.91. The fraction of sp³-hybridized carbons (Fsp3) is 1.00. The standard InChI is InChI=1S/C7H9F5O/c8-5(4-2-1-3-13-4)6(9)7(10,11)12/h4-6H,1-3H2/t4-,5+,6+/m0/s1. The second-order valence-electron chi connectivity index (χ2n) is 2.94. The Kier molecular flexibility index (Phi) is 3.10. The highest BCUT2D eigenvalue weighted by Crippen LogP contribution is 2.31. The largest absolute Gasteiger partial charge is 0.422 e. The zero-order chi connectivity index (χ0) is 10.1. The number of alkyl halides is 5. The number of ether oxygens (including phenoxy) is 1. The van der Waals surface area contributed by atoms with Gasteiger partial charge in [-0.3, -0.25) is 0 Å². The molecule has 0 radical (unpaired) electrons. The Morgan fingerprint density at radius 1 is 1.23 bits per heavy atom. The minimum absolute atomic E-state index is 0.150. The molecule has 1 aliphatic heterocycles. The van der Waals surface area contributed by atoms with Crippen LogP contribution in [0.5, 0.6) is 0 Å². The lowest BCUT2D eigenvalue weighted by molar-refractivity contribution is -0.206. The van der Waals surface area contributed by atoms with E-state index in [-0.39, 0.29) is 13.0 Å². The summed E-state index contributed by atoms with van der Waals surface area (Å²) in [4.78, 5) is 0. The summed E-state index contributed by atoms with van der Waals surface area (Å²) >= 11 is 0. The van der Waals surface area contributed by atoms with Crippen LogP contribution in [0, 0.1) is 0 Å². The van der Waals surface area contributed by atoms with Gasteiger partial charge in [0.15, 0.2) is 6.17 Å². The van der Waals surface area contributed by atoms with E-state index in [0.717, 1.165) is 0 Å². The molecule has 0 spiro atoms. The molecule has 1 nitrogen and oxygen atoms in total. The zero-order valence-corrected chi connectivity index (χ0v) is 6.65. The molecule has 78 valence electrons. The van der Waals surface area contributed by atoms with Crippen molar-refractivity contribution in [3.8, 4) is 0 Å². The van der Waals surface area contributed by atoms with E-state index in [4.69, 9.17) is 0 Å². The van der Waals surface area contributed by atoms with Crippen molar-refractivity contribution < 1.29 is 26.7 Å². The molecule has 13 heavy (non-hydrogen) atoms. The van der Waals surface area contributed by atoms with E-state index in [1.165, 1.54) is 0 Å². The lowest BCUT2D eigenvalue weighted by atomic mass is 10.1. The van der Waals surface area contributed by atoms with Gasteiger partial charge in [0.2, 0.25) is 6.17 Å². The Hall–Kier alpha value is -0.390. The molecule has 1 fully saturated rings. The van der Waals surface area contributed by atoms with Crippen LogP contribution < -0.4 is 0 Å². The molecule has 0 saturated carbocycles. The number of hydrogen-bond donors (Lipinski definition) is 0. The van der Waals surface area contributed by atoms with E-state index in [2.05, 4.69) is 4.74 Å². The van der Waals surface area contributed by atoms with Crippen molar-refractivity contribution in [2.24, 2.45) is 0 Å². The van der Waals surface area contributed by atoms with Gasteiger partial charge in [0, 0.05) is 6.61 Å². The highest BCUT2D eigenvalue weighted by molar-refractivity contribution is 4.84. The van der Waals surface area contributed by atoms with Crippen molar-refractivity contribution in [3.63, 3.8) is 0 Å². The van der Waals surface area contributed by atoms with E-state index >= 15 is 0 Å². The fourth-order valence-electron chi connectivity index (χ4n) is 1.22. The van der Waals surface area contributed by atoms with Crippen LogP contribution >= 0.6 is 0 Å². The maximum absolute atomic E-state index is 12.8. The van der Waals surface area contributed by atoms with E-state index in [1.54, 1.807) is 0 Å². The Morgan fingerprint density at radius 2 is 1.85 bits per heavy atom. The SMILES string of the molecule is F[C@H]([C@@H]1CCCO1)[C@@H](F)C(F)(F)F. The van der Waals surface area contributed by atoms with Gasteiger partial charge < -0.3 is 4.74 Å². The summed E-state index contributed by atoms with van der Waals surface area (Å²) in [6.45, 7) is 0.204. The van der Waals surface area contributed by atoms with E-state index < -0.39 is 24.6 Å². The molecule has 0 aromatic heterocycles. The maximum atomic E-state index is 12.8. The second kappa shape index (κ2) is 3.77. The molecular weight excluding hydrogens is 195 g/mol. The summed E-state index contributed by atoms with van der Waals surface area (Å²) in [6, 6.07) is 0. The molecule has 0 N–H and O–H groups in total. The van der Waals surface area contributed by atoms with Crippen molar-refractivity contribution in [1.29, 1.82) is 0 Å². The van der Waals surface area contributed by atoms with Gasteiger partial charge in [0.05, 0.1) is 6.10 Å². The first-order chi connectivity index (χ1) is 5.93. The highest BCUT2D eigenvalue weighted by atomic mass is 19.4. The number of rotatable bonds is 2. The summed E-state index contributed by atoms with van der Waals surface area (Å²) < 4.78 is 64.8. The summed E-state index contributed by atoms with van der Waals surface area (Å²) in [5.41, 5.74) is 0. The normalized spacial score (nSPS) is 28.8. The van der Waals surface area contributed by atoms with Crippen LogP contribution in [0.1, 0.15) is 12.8 Å². The van der Waals surface area contributed by atoms with Crippen LogP contribution in [0.3, 0.4) is 0 Å². The van der Waals surface area contributed by atoms with Gasteiger partial charge in [0.25, 0.3) is 0 Å². The van der Waals surface area contributed by atoms with Crippen LogP contribution in [0.15, 0.2) is 0 Å². The minimum atomic E-state index is -5.13. The van der Waals surface area contributed by atoms with Gasteiger partial charge in [-0.25, -0.2) is 8.78 Å². The first-order valence-corrected chi connectivity index (χ1v) is 3.89. The number of halogens is 5. The average Bonchev–Trinajstić information content (AvgIpc) is 2.51. The van der Waals surface area contributed by atoms with Gasteiger partial charge in [-0.05, 0) is 12.8 Å². The lowest BCUT2D eigenvalue weighted by Gasteiger charge is -2.20. The average molecular weight is 204 g/mol. The van der Waals surface area contributed by atoms with Crippen LogP contribution in [0.2, 0.25) is 0 Å². The van der Waals surface area contributed by atoms with Crippen LogP contribution in [0.4, 0.5) is 22.0 Å². The predicted octanol–water partition coefficient (Wildman–Crippen LogP) is 2.40. The Balaban J connectivity index is 2.50. The molecule has 0 bridgehead atoms. The van der Waals surface area contributed by atoms with Crippen LogP contribution in [0.25, 0.3) is 0 Å². The van der Waals surface area contributed by atoms with Crippen molar-refractivity contribution in [1.82, 2.24) is 0 Å².